The van der Waals surface area contributed by atoms with Gasteiger partial charge in [0.1, 0.15) is 19.0 Å². The molecule has 1 saturated carbocycles. The fraction of sp³-hybridized carbons (Fsp3) is 0.647. The van der Waals surface area contributed by atoms with Gasteiger partial charge < -0.3 is 18.7 Å². The summed E-state index contributed by atoms with van der Waals surface area (Å²) in [7, 11) is 0. The van der Waals surface area contributed by atoms with Gasteiger partial charge in [0.2, 0.25) is 5.91 Å². The summed E-state index contributed by atoms with van der Waals surface area (Å²) in [6.45, 7) is 4.04. The molecule has 8 nitrogen and oxygen atoms in total. The molecule has 134 valence electrons. The molecule has 0 N–H and O–H groups in total. The molecular weight excluding hydrogens is 322 g/mol. The summed E-state index contributed by atoms with van der Waals surface area (Å²) in [6, 6.07) is 0. The number of carbonyl (C=O) groups is 1. The summed E-state index contributed by atoms with van der Waals surface area (Å²) in [5.41, 5.74) is 0. The second-order valence-corrected chi connectivity index (χ2v) is 6.81. The van der Waals surface area contributed by atoms with E-state index < -0.39 is 0 Å². The molecule has 1 amide bonds. The van der Waals surface area contributed by atoms with Gasteiger partial charge in [0.15, 0.2) is 5.82 Å². The van der Waals surface area contributed by atoms with Crippen molar-refractivity contribution in [3.05, 3.63) is 29.9 Å². The molecule has 1 saturated heterocycles. The van der Waals surface area contributed by atoms with Crippen LogP contribution in [0.1, 0.15) is 49.1 Å². The minimum Gasteiger partial charge on any atom is -0.368 e. The molecule has 2 aromatic rings. The molecule has 8 heteroatoms. The Morgan fingerprint density at radius 1 is 1.32 bits per heavy atom. The Hall–Kier alpha value is -2.22. The Morgan fingerprint density at radius 2 is 2.12 bits per heavy atom. The second kappa shape index (κ2) is 6.95. The quantitative estimate of drug-likeness (QED) is 0.791. The van der Waals surface area contributed by atoms with Gasteiger partial charge in [0, 0.05) is 31.4 Å². The van der Waals surface area contributed by atoms with Crippen LogP contribution < -0.4 is 0 Å². The van der Waals surface area contributed by atoms with Gasteiger partial charge in [-0.2, -0.15) is 4.98 Å². The number of hydrogen-bond acceptors (Lipinski definition) is 6. The van der Waals surface area contributed by atoms with Crippen molar-refractivity contribution in [2.75, 3.05) is 13.1 Å². The number of aromatic nitrogens is 4. The van der Waals surface area contributed by atoms with Gasteiger partial charge >= 0.3 is 0 Å². The average molecular weight is 345 g/mol. The maximum Gasteiger partial charge on any atom is 0.252 e. The standard InChI is InChI=1S/C17H23N5O3/c1-12-18-6-9-22(12)10-16(23)21-7-4-14(5-8-21)24-11-15-19-17(20-25-15)13-2-3-13/h6,9,13-14H,2-5,7-8,10-11H2,1H3. The maximum absolute atomic E-state index is 12.4. The zero-order valence-corrected chi connectivity index (χ0v) is 14.4. The van der Waals surface area contributed by atoms with Gasteiger partial charge in [-0.25, -0.2) is 4.98 Å². The topological polar surface area (TPSA) is 86.3 Å². The number of aryl methyl sites for hydroxylation is 1. The first-order chi connectivity index (χ1) is 12.2. The third-order valence-corrected chi connectivity index (χ3v) is 4.89. The number of carbonyl (C=O) groups excluding carboxylic acids is 1. The van der Waals surface area contributed by atoms with Gasteiger partial charge in [0.05, 0.1) is 6.10 Å². The zero-order chi connectivity index (χ0) is 17.2. The van der Waals surface area contributed by atoms with Gasteiger partial charge in [-0.1, -0.05) is 5.16 Å². The fourth-order valence-corrected chi connectivity index (χ4v) is 3.11. The number of amides is 1. The van der Waals surface area contributed by atoms with Crippen molar-refractivity contribution in [1.82, 2.24) is 24.6 Å². The Morgan fingerprint density at radius 3 is 2.80 bits per heavy atom. The summed E-state index contributed by atoms with van der Waals surface area (Å²) in [5.74, 6) is 2.85. The lowest BCUT2D eigenvalue weighted by Gasteiger charge is -2.31. The van der Waals surface area contributed by atoms with Crippen LogP contribution in [0.2, 0.25) is 0 Å². The van der Waals surface area contributed by atoms with Crippen LogP contribution in [0.25, 0.3) is 0 Å². The van der Waals surface area contributed by atoms with Gasteiger partial charge in [-0.15, -0.1) is 0 Å². The summed E-state index contributed by atoms with van der Waals surface area (Å²) in [5, 5.41) is 3.99. The van der Waals surface area contributed by atoms with E-state index in [1.807, 2.05) is 22.6 Å². The van der Waals surface area contributed by atoms with Gasteiger partial charge in [-0.05, 0) is 32.6 Å². The summed E-state index contributed by atoms with van der Waals surface area (Å²) in [6.07, 6.45) is 7.67. The van der Waals surface area contributed by atoms with Crippen LogP contribution in [0.3, 0.4) is 0 Å². The molecule has 3 heterocycles. The van der Waals surface area contributed by atoms with Crippen LogP contribution in [0.4, 0.5) is 0 Å². The second-order valence-electron chi connectivity index (χ2n) is 6.81. The molecule has 4 rings (SSSR count). The van der Waals surface area contributed by atoms with Gasteiger partial charge in [-0.3, -0.25) is 4.79 Å². The van der Waals surface area contributed by atoms with Crippen LogP contribution in [-0.4, -0.2) is 49.7 Å². The van der Waals surface area contributed by atoms with Crippen molar-refractivity contribution in [1.29, 1.82) is 0 Å². The van der Waals surface area contributed by atoms with Crippen molar-refractivity contribution in [3.8, 4) is 0 Å². The van der Waals surface area contributed by atoms with E-state index in [-0.39, 0.29) is 12.0 Å². The lowest BCUT2D eigenvalue weighted by Crippen LogP contribution is -2.42. The Bertz CT molecular complexity index is 728. The molecule has 0 aromatic carbocycles. The molecule has 0 radical (unpaired) electrons. The highest BCUT2D eigenvalue weighted by Gasteiger charge is 2.29. The molecule has 2 aromatic heterocycles. The SMILES string of the molecule is Cc1nccn1CC(=O)N1CCC(OCc2nc(C3CC3)no2)CC1. The van der Waals surface area contributed by atoms with E-state index in [4.69, 9.17) is 9.26 Å². The number of hydrogen-bond donors (Lipinski definition) is 0. The normalized spacial score (nSPS) is 18.7. The van der Waals surface area contributed by atoms with Crippen LogP contribution in [0.5, 0.6) is 0 Å². The summed E-state index contributed by atoms with van der Waals surface area (Å²) < 4.78 is 13.0. The van der Waals surface area contributed by atoms with Crippen molar-refractivity contribution in [2.24, 2.45) is 0 Å². The van der Waals surface area contributed by atoms with Crippen LogP contribution in [-0.2, 0) is 22.7 Å². The van der Waals surface area contributed by atoms with Crippen LogP contribution >= 0.6 is 0 Å². The molecular formula is C17H23N5O3. The molecule has 2 aliphatic rings. The first kappa shape index (κ1) is 16.3. The number of likely N-dealkylation sites (tertiary alicyclic amines) is 1. The molecule has 25 heavy (non-hydrogen) atoms. The van der Waals surface area contributed by atoms with E-state index in [1.165, 1.54) is 0 Å². The predicted octanol–water partition coefficient (Wildman–Crippen LogP) is 1.66. The lowest BCUT2D eigenvalue weighted by atomic mass is 10.1. The van der Waals surface area contributed by atoms with E-state index in [0.29, 0.717) is 38.0 Å². The highest BCUT2D eigenvalue weighted by Crippen LogP contribution is 2.38. The minimum absolute atomic E-state index is 0.130. The monoisotopic (exact) mass is 345 g/mol. The van der Waals surface area contributed by atoms with Crippen LogP contribution in [0, 0.1) is 6.92 Å². The smallest absolute Gasteiger partial charge is 0.252 e. The molecule has 0 unspecified atom stereocenters. The summed E-state index contributed by atoms with van der Waals surface area (Å²) in [4.78, 5) is 22.8. The van der Waals surface area contributed by atoms with E-state index in [2.05, 4.69) is 15.1 Å². The Labute approximate surface area is 146 Å². The molecule has 1 aliphatic carbocycles. The molecule has 0 spiro atoms. The highest BCUT2D eigenvalue weighted by molar-refractivity contribution is 5.76. The number of nitrogens with zero attached hydrogens (tertiary/aromatic N) is 5. The third-order valence-electron chi connectivity index (χ3n) is 4.89. The zero-order valence-electron chi connectivity index (χ0n) is 14.4. The average Bonchev–Trinajstić information content (AvgIpc) is 3.24. The highest BCUT2D eigenvalue weighted by atomic mass is 16.5. The first-order valence-electron chi connectivity index (χ1n) is 8.88. The Balaban J connectivity index is 1.21. The van der Waals surface area contributed by atoms with Crippen molar-refractivity contribution in [2.45, 2.75) is 57.8 Å². The first-order valence-corrected chi connectivity index (χ1v) is 8.88. The van der Waals surface area contributed by atoms with E-state index in [9.17, 15) is 4.79 Å². The molecule has 1 aliphatic heterocycles. The minimum atomic E-state index is 0.130. The Kier molecular flexibility index (Phi) is 4.52. The molecule has 2 fully saturated rings. The van der Waals surface area contributed by atoms with E-state index in [1.54, 1.807) is 6.20 Å². The van der Waals surface area contributed by atoms with Crippen molar-refractivity contribution < 1.29 is 14.1 Å². The molecule has 0 bridgehead atoms. The van der Waals surface area contributed by atoms with Crippen molar-refractivity contribution in [3.63, 3.8) is 0 Å². The third kappa shape index (κ3) is 3.89. The number of rotatable bonds is 6. The molecule has 0 atom stereocenters. The van der Waals surface area contributed by atoms with Crippen molar-refractivity contribution >= 4 is 5.91 Å². The van der Waals surface area contributed by atoms with E-state index >= 15 is 0 Å². The van der Waals surface area contributed by atoms with Crippen LogP contribution in [0.15, 0.2) is 16.9 Å². The fourth-order valence-electron chi connectivity index (χ4n) is 3.11. The number of piperidine rings is 1. The lowest BCUT2D eigenvalue weighted by molar-refractivity contribution is -0.134. The van der Waals surface area contributed by atoms with E-state index in [0.717, 1.165) is 37.3 Å². The van der Waals surface area contributed by atoms with Gasteiger partial charge in [0.25, 0.3) is 5.89 Å². The maximum atomic E-state index is 12.4. The summed E-state index contributed by atoms with van der Waals surface area (Å²) >= 11 is 0. The number of ether oxygens (including phenoxy) is 1. The predicted molar refractivity (Wildman–Crippen MR) is 87.6 cm³/mol. The number of imidazole rings is 1. The largest absolute Gasteiger partial charge is 0.368 e.